The molecule has 3 nitrogen and oxygen atoms in total. The Labute approximate surface area is 108 Å². The maximum atomic E-state index is 13.0. The molecule has 0 heterocycles. The van der Waals surface area contributed by atoms with Crippen molar-refractivity contribution in [3.63, 3.8) is 0 Å². The van der Waals surface area contributed by atoms with Gasteiger partial charge >= 0.3 is 0 Å². The van der Waals surface area contributed by atoms with Crippen molar-refractivity contribution in [1.29, 1.82) is 0 Å². The third kappa shape index (κ3) is 2.67. The summed E-state index contributed by atoms with van der Waals surface area (Å²) < 4.78 is 13.0. The molecule has 1 amide bonds. The van der Waals surface area contributed by atoms with Crippen LogP contribution >= 0.6 is 11.6 Å². The molecule has 0 bridgehead atoms. The smallest absolute Gasteiger partial charge is 0.281 e. The van der Waals surface area contributed by atoms with Crippen molar-refractivity contribution in [3.8, 4) is 0 Å². The first-order chi connectivity index (χ1) is 8.58. The number of hydrogen-bond donors (Lipinski definition) is 1. The molecule has 18 heavy (non-hydrogen) atoms. The molecule has 5 heteroatoms. The molecule has 0 saturated heterocycles. The van der Waals surface area contributed by atoms with E-state index in [2.05, 4.69) is 0 Å². The van der Waals surface area contributed by atoms with E-state index in [-0.39, 0.29) is 11.3 Å². The number of rotatable bonds is 2. The SMILES string of the molecule is O=C(c1cccc(F)c1)N(O)c1ccc(Cl)cc1. The lowest BCUT2D eigenvalue weighted by molar-refractivity contribution is 0.0854. The Kier molecular flexibility index (Phi) is 3.60. The Morgan fingerprint density at radius 2 is 1.83 bits per heavy atom. The van der Waals surface area contributed by atoms with Gasteiger partial charge in [-0.2, -0.15) is 5.06 Å². The minimum absolute atomic E-state index is 0.0625. The quantitative estimate of drug-likeness (QED) is 0.667. The van der Waals surface area contributed by atoms with Crippen LogP contribution in [0.15, 0.2) is 48.5 Å². The van der Waals surface area contributed by atoms with Crippen molar-refractivity contribution in [1.82, 2.24) is 0 Å². The summed E-state index contributed by atoms with van der Waals surface area (Å²) in [5, 5.41) is 10.7. The van der Waals surface area contributed by atoms with Gasteiger partial charge in [0.2, 0.25) is 0 Å². The predicted molar refractivity (Wildman–Crippen MR) is 66.4 cm³/mol. The van der Waals surface area contributed by atoms with Crippen LogP contribution in [0.1, 0.15) is 10.4 Å². The molecule has 0 atom stereocenters. The Hall–Kier alpha value is -1.91. The van der Waals surface area contributed by atoms with Crippen LogP contribution < -0.4 is 5.06 Å². The minimum atomic E-state index is -0.711. The molecule has 0 radical (unpaired) electrons. The summed E-state index contributed by atoms with van der Waals surface area (Å²) in [5.74, 6) is -1.25. The van der Waals surface area contributed by atoms with Gasteiger partial charge in [0.15, 0.2) is 0 Å². The molecule has 92 valence electrons. The van der Waals surface area contributed by atoms with E-state index in [0.717, 1.165) is 6.07 Å². The van der Waals surface area contributed by atoms with E-state index < -0.39 is 11.7 Å². The van der Waals surface area contributed by atoms with E-state index >= 15 is 0 Å². The van der Waals surface area contributed by atoms with Crippen LogP contribution in [0.25, 0.3) is 0 Å². The standard InChI is InChI=1S/C13H9ClFNO2/c14-10-4-6-12(7-5-10)16(18)13(17)9-2-1-3-11(15)8-9/h1-8,18H. The zero-order valence-electron chi connectivity index (χ0n) is 9.18. The highest BCUT2D eigenvalue weighted by atomic mass is 35.5. The maximum absolute atomic E-state index is 13.0. The molecule has 0 spiro atoms. The molecule has 2 aromatic rings. The summed E-state index contributed by atoms with van der Waals surface area (Å²) in [6.07, 6.45) is 0. The molecule has 0 unspecified atom stereocenters. The summed E-state index contributed by atoms with van der Waals surface area (Å²) in [7, 11) is 0. The first-order valence-corrected chi connectivity index (χ1v) is 5.50. The fourth-order valence-corrected chi connectivity index (χ4v) is 1.57. The van der Waals surface area contributed by atoms with Gasteiger partial charge in [-0.05, 0) is 42.5 Å². The van der Waals surface area contributed by atoms with Crippen molar-refractivity contribution in [3.05, 3.63) is 64.9 Å². The highest BCUT2D eigenvalue weighted by Gasteiger charge is 2.15. The Morgan fingerprint density at radius 1 is 1.17 bits per heavy atom. The number of carbonyl (C=O) groups excluding carboxylic acids is 1. The summed E-state index contributed by atoms with van der Waals surface area (Å²) in [6.45, 7) is 0. The third-order valence-electron chi connectivity index (χ3n) is 2.34. The second kappa shape index (κ2) is 5.16. The van der Waals surface area contributed by atoms with Crippen LogP contribution in [0, 0.1) is 5.82 Å². The van der Waals surface area contributed by atoms with E-state index in [1.54, 1.807) is 12.1 Å². The molecule has 0 aliphatic heterocycles. The van der Waals surface area contributed by atoms with Crippen LogP contribution in [0.5, 0.6) is 0 Å². The number of hydrogen-bond acceptors (Lipinski definition) is 2. The molecule has 0 fully saturated rings. The van der Waals surface area contributed by atoms with Gasteiger partial charge in [-0.1, -0.05) is 17.7 Å². The number of hydroxylamine groups is 1. The summed E-state index contributed by atoms with van der Waals surface area (Å²) in [5.41, 5.74) is 0.320. The molecule has 2 rings (SSSR count). The zero-order valence-corrected chi connectivity index (χ0v) is 9.93. The molecule has 0 aliphatic rings. The van der Waals surface area contributed by atoms with Crippen molar-refractivity contribution in [2.45, 2.75) is 0 Å². The highest BCUT2D eigenvalue weighted by molar-refractivity contribution is 6.30. The molecule has 0 aliphatic carbocycles. The monoisotopic (exact) mass is 265 g/mol. The third-order valence-corrected chi connectivity index (χ3v) is 2.59. The minimum Gasteiger partial charge on any atom is -0.281 e. The average Bonchev–Trinajstić information content (AvgIpc) is 2.38. The van der Waals surface area contributed by atoms with Gasteiger partial charge in [-0.3, -0.25) is 10.0 Å². The molecule has 2 aromatic carbocycles. The van der Waals surface area contributed by atoms with Gasteiger partial charge < -0.3 is 0 Å². The summed E-state index contributed by atoms with van der Waals surface area (Å²) >= 11 is 5.70. The number of halogens is 2. The van der Waals surface area contributed by atoms with Crippen LogP contribution in [0.4, 0.5) is 10.1 Å². The second-order valence-corrected chi connectivity index (χ2v) is 4.04. The van der Waals surface area contributed by atoms with Crippen LogP contribution in [-0.2, 0) is 0 Å². The Balaban J connectivity index is 2.26. The lowest BCUT2D eigenvalue weighted by Gasteiger charge is -2.14. The molecule has 0 aromatic heterocycles. The van der Waals surface area contributed by atoms with Crippen molar-refractivity contribution in [2.24, 2.45) is 0 Å². The van der Waals surface area contributed by atoms with Gasteiger partial charge in [-0.25, -0.2) is 4.39 Å². The maximum Gasteiger partial charge on any atom is 0.282 e. The van der Waals surface area contributed by atoms with Gasteiger partial charge in [0, 0.05) is 10.6 Å². The summed E-state index contributed by atoms with van der Waals surface area (Å²) in [6, 6.07) is 11.2. The number of nitrogens with zero attached hydrogens (tertiary/aromatic N) is 1. The number of amides is 1. The first-order valence-electron chi connectivity index (χ1n) is 5.12. The molecular formula is C13H9ClFNO2. The van der Waals surface area contributed by atoms with E-state index in [0.29, 0.717) is 10.1 Å². The lowest BCUT2D eigenvalue weighted by Crippen LogP contribution is -2.26. The normalized spacial score (nSPS) is 10.2. The second-order valence-electron chi connectivity index (χ2n) is 3.60. The number of carbonyl (C=O) groups is 1. The number of benzene rings is 2. The van der Waals surface area contributed by atoms with E-state index in [9.17, 15) is 14.4 Å². The van der Waals surface area contributed by atoms with Crippen molar-refractivity contribution < 1.29 is 14.4 Å². The van der Waals surface area contributed by atoms with Crippen molar-refractivity contribution in [2.75, 3.05) is 5.06 Å². The predicted octanol–water partition coefficient (Wildman–Crippen LogP) is 3.52. The van der Waals surface area contributed by atoms with E-state index in [1.165, 1.54) is 30.3 Å². The molecule has 0 saturated carbocycles. The largest absolute Gasteiger partial charge is 0.282 e. The van der Waals surface area contributed by atoms with Gasteiger partial charge in [-0.15, -0.1) is 0 Å². The van der Waals surface area contributed by atoms with Gasteiger partial charge in [0.25, 0.3) is 5.91 Å². The topological polar surface area (TPSA) is 40.5 Å². The van der Waals surface area contributed by atoms with Crippen LogP contribution in [0.2, 0.25) is 5.02 Å². The van der Waals surface area contributed by atoms with Crippen LogP contribution in [0.3, 0.4) is 0 Å². The number of anilines is 1. The summed E-state index contributed by atoms with van der Waals surface area (Å²) in [4.78, 5) is 11.9. The highest BCUT2D eigenvalue weighted by Crippen LogP contribution is 2.18. The molecular weight excluding hydrogens is 257 g/mol. The molecule has 1 N–H and O–H groups in total. The fourth-order valence-electron chi connectivity index (χ4n) is 1.44. The zero-order chi connectivity index (χ0) is 13.1. The van der Waals surface area contributed by atoms with Gasteiger partial charge in [0.05, 0.1) is 5.69 Å². The first kappa shape index (κ1) is 12.5. The van der Waals surface area contributed by atoms with Crippen LogP contribution in [-0.4, -0.2) is 11.1 Å². The average molecular weight is 266 g/mol. The van der Waals surface area contributed by atoms with Crippen molar-refractivity contribution >= 4 is 23.2 Å². The van der Waals surface area contributed by atoms with E-state index in [1.807, 2.05) is 0 Å². The van der Waals surface area contributed by atoms with E-state index in [4.69, 9.17) is 11.6 Å². The fraction of sp³-hybridized carbons (Fsp3) is 0. The lowest BCUT2D eigenvalue weighted by atomic mass is 10.2. The Bertz CT molecular complexity index is 571. The Morgan fingerprint density at radius 3 is 2.44 bits per heavy atom. The van der Waals surface area contributed by atoms with Gasteiger partial charge in [0.1, 0.15) is 5.82 Å².